The number of rotatable bonds is 5. The van der Waals surface area contributed by atoms with Gasteiger partial charge < -0.3 is 15.0 Å². The number of carbonyl (C=O) groups is 2. The maximum Gasteiger partial charge on any atom is 0.260 e. The Labute approximate surface area is 170 Å². The van der Waals surface area contributed by atoms with E-state index in [0.29, 0.717) is 31.7 Å². The normalized spacial score (nSPS) is 14.6. The summed E-state index contributed by atoms with van der Waals surface area (Å²) in [5.74, 6) is 0.602. The molecule has 0 aliphatic carbocycles. The summed E-state index contributed by atoms with van der Waals surface area (Å²) in [5, 5.41) is 5.18. The van der Waals surface area contributed by atoms with Gasteiger partial charge in [-0.2, -0.15) is 0 Å². The fourth-order valence-corrected chi connectivity index (χ4v) is 3.65. The third-order valence-corrected chi connectivity index (χ3v) is 5.34. The third-order valence-electron chi connectivity index (χ3n) is 5.34. The van der Waals surface area contributed by atoms with Crippen LogP contribution < -0.4 is 10.1 Å². The first kappa shape index (κ1) is 19.0. The minimum absolute atomic E-state index is 0.0131. The summed E-state index contributed by atoms with van der Waals surface area (Å²) in [6, 6.07) is 23.3. The number of anilines is 1. The Morgan fingerprint density at radius 1 is 0.897 bits per heavy atom. The largest absolute Gasteiger partial charge is 0.484 e. The van der Waals surface area contributed by atoms with Crippen molar-refractivity contribution in [3.8, 4) is 5.75 Å². The molecule has 1 aliphatic heterocycles. The van der Waals surface area contributed by atoms with Gasteiger partial charge in [0.1, 0.15) is 5.75 Å². The summed E-state index contributed by atoms with van der Waals surface area (Å²) in [6.07, 6.45) is 1.33. The van der Waals surface area contributed by atoms with Crippen molar-refractivity contribution in [2.45, 2.75) is 12.8 Å². The molecule has 5 heteroatoms. The lowest BCUT2D eigenvalue weighted by Crippen LogP contribution is -2.43. The SMILES string of the molecule is O=C(Nc1ccccc1)C1CCN(C(=O)COc2ccc3ccccc3c2)CC1. The number of piperidine rings is 1. The van der Waals surface area contributed by atoms with E-state index in [9.17, 15) is 9.59 Å². The molecule has 29 heavy (non-hydrogen) atoms. The predicted octanol–water partition coefficient (Wildman–Crippen LogP) is 4.10. The topological polar surface area (TPSA) is 58.6 Å². The van der Waals surface area contributed by atoms with E-state index in [2.05, 4.69) is 5.32 Å². The van der Waals surface area contributed by atoms with Crippen LogP contribution in [0, 0.1) is 5.92 Å². The summed E-state index contributed by atoms with van der Waals surface area (Å²) in [7, 11) is 0. The number of hydrogen-bond donors (Lipinski definition) is 1. The van der Waals surface area contributed by atoms with Gasteiger partial charge in [-0.3, -0.25) is 9.59 Å². The zero-order valence-electron chi connectivity index (χ0n) is 16.2. The van der Waals surface area contributed by atoms with E-state index in [-0.39, 0.29) is 24.3 Å². The molecule has 1 heterocycles. The van der Waals surface area contributed by atoms with Gasteiger partial charge in [0, 0.05) is 24.7 Å². The molecule has 2 amide bonds. The van der Waals surface area contributed by atoms with Crippen molar-refractivity contribution in [1.29, 1.82) is 0 Å². The number of likely N-dealkylation sites (tertiary alicyclic amines) is 1. The van der Waals surface area contributed by atoms with E-state index in [1.807, 2.05) is 72.8 Å². The number of ether oxygens (including phenoxy) is 1. The van der Waals surface area contributed by atoms with Gasteiger partial charge in [-0.15, -0.1) is 0 Å². The molecule has 0 atom stereocenters. The van der Waals surface area contributed by atoms with Gasteiger partial charge in [0.15, 0.2) is 6.61 Å². The van der Waals surface area contributed by atoms with Crippen LogP contribution in [0.1, 0.15) is 12.8 Å². The van der Waals surface area contributed by atoms with Gasteiger partial charge in [0.25, 0.3) is 5.91 Å². The maximum atomic E-state index is 12.5. The molecule has 1 saturated heterocycles. The Morgan fingerprint density at radius 2 is 1.59 bits per heavy atom. The number of carbonyl (C=O) groups excluding carboxylic acids is 2. The van der Waals surface area contributed by atoms with Gasteiger partial charge >= 0.3 is 0 Å². The van der Waals surface area contributed by atoms with E-state index in [4.69, 9.17) is 4.74 Å². The van der Waals surface area contributed by atoms with Crippen molar-refractivity contribution in [3.05, 3.63) is 72.8 Å². The number of benzene rings is 3. The van der Waals surface area contributed by atoms with Crippen LogP contribution in [-0.4, -0.2) is 36.4 Å². The van der Waals surface area contributed by atoms with Crippen LogP contribution in [0.15, 0.2) is 72.8 Å². The summed E-state index contributed by atoms with van der Waals surface area (Å²) < 4.78 is 5.71. The molecule has 0 spiro atoms. The highest BCUT2D eigenvalue weighted by Gasteiger charge is 2.27. The van der Waals surface area contributed by atoms with E-state index in [1.54, 1.807) is 4.90 Å². The van der Waals surface area contributed by atoms with Crippen molar-refractivity contribution in [1.82, 2.24) is 4.90 Å². The number of nitrogens with one attached hydrogen (secondary N) is 1. The van der Waals surface area contributed by atoms with Crippen LogP contribution in [0.2, 0.25) is 0 Å². The maximum absolute atomic E-state index is 12.5. The molecular weight excluding hydrogens is 364 g/mol. The van der Waals surface area contributed by atoms with E-state index in [0.717, 1.165) is 16.5 Å². The molecule has 5 nitrogen and oxygen atoms in total. The second-order valence-electron chi connectivity index (χ2n) is 7.31. The van der Waals surface area contributed by atoms with Gasteiger partial charge in [-0.1, -0.05) is 48.5 Å². The Balaban J connectivity index is 1.25. The zero-order chi connectivity index (χ0) is 20.1. The molecule has 1 aliphatic rings. The molecule has 0 saturated carbocycles. The highest BCUT2D eigenvalue weighted by molar-refractivity contribution is 5.92. The molecule has 4 rings (SSSR count). The fourth-order valence-electron chi connectivity index (χ4n) is 3.65. The van der Waals surface area contributed by atoms with Crippen LogP contribution in [-0.2, 0) is 9.59 Å². The Morgan fingerprint density at radius 3 is 2.34 bits per heavy atom. The van der Waals surface area contributed by atoms with Crippen molar-refractivity contribution >= 4 is 28.3 Å². The van der Waals surface area contributed by atoms with Gasteiger partial charge in [0.05, 0.1) is 0 Å². The van der Waals surface area contributed by atoms with E-state index < -0.39 is 0 Å². The highest BCUT2D eigenvalue weighted by atomic mass is 16.5. The summed E-state index contributed by atoms with van der Waals surface area (Å²) in [5.41, 5.74) is 0.805. The average molecular weight is 388 g/mol. The first-order valence-electron chi connectivity index (χ1n) is 9.94. The average Bonchev–Trinajstić information content (AvgIpc) is 2.78. The summed E-state index contributed by atoms with van der Waals surface area (Å²) >= 11 is 0. The number of nitrogens with zero attached hydrogens (tertiary/aromatic N) is 1. The molecule has 0 bridgehead atoms. The number of amides is 2. The molecule has 3 aromatic rings. The molecular formula is C24H24N2O3. The lowest BCUT2D eigenvalue weighted by atomic mass is 9.95. The highest BCUT2D eigenvalue weighted by Crippen LogP contribution is 2.22. The van der Waals surface area contributed by atoms with E-state index >= 15 is 0 Å². The van der Waals surface area contributed by atoms with Crippen LogP contribution in [0.4, 0.5) is 5.69 Å². The molecule has 148 valence electrons. The second kappa shape index (κ2) is 8.78. The van der Waals surface area contributed by atoms with Crippen molar-refractivity contribution in [2.75, 3.05) is 25.0 Å². The van der Waals surface area contributed by atoms with Crippen LogP contribution in [0.5, 0.6) is 5.75 Å². The lowest BCUT2D eigenvalue weighted by molar-refractivity contribution is -0.136. The molecule has 3 aromatic carbocycles. The van der Waals surface area contributed by atoms with Crippen LogP contribution in [0.25, 0.3) is 10.8 Å². The van der Waals surface area contributed by atoms with Crippen LogP contribution in [0.3, 0.4) is 0 Å². The van der Waals surface area contributed by atoms with Crippen molar-refractivity contribution < 1.29 is 14.3 Å². The third kappa shape index (κ3) is 4.74. The molecule has 0 unspecified atom stereocenters. The minimum Gasteiger partial charge on any atom is -0.484 e. The summed E-state index contributed by atoms with van der Waals surface area (Å²) in [6.45, 7) is 1.17. The quantitative estimate of drug-likeness (QED) is 0.716. The number of para-hydroxylation sites is 1. The molecule has 1 fully saturated rings. The van der Waals surface area contributed by atoms with Gasteiger partial charge in [0.2, 0.25) is 5.91 Å². The Hall–Kier alpha value is -3.34. The standard InChI is InChI=1S/C24H24N2O3/c27-23(17-29-22-11-10-18-6-4-5-7-20(18)16-22)26-14-12-19(13-15-26)24(28)25-21-8-2-1-3-9-21/h1-11,16,19H,12-15,17H2,(H,25,28). The molecule has 0 aromatic heterocycles. The van der Waals surface area contributed by atoms with Crippen LogP contribution >= 0.6 is 0 Å². The lowest BCUT2D eigenvalue weighted by Gasteiger charge is -2.31. The molecule has 1 N–H and O–H groups in total. The first-order valence-corrected chi connectivity index (χ1v) is 9.94. The van der Waals surface area contributed by atoms with E-state index in [1.165, 1.54) is 0 Å². The predicted molar refractivity (Wildman–Crippen MR) is 114 cm³/mol. The second-order valence-corrected chi connectivity index (χ2v) is 7.31. The monoisotopic (exact) mass is 388 g/mol. The smallest absolute Gasteiger partial charge is 0.260 e. The number of fused-ring (bicyclic) bond motifs is 1. The number of hydrogen-bond acceptors (Lipinski definition) is 3. The molecule has 0 radical (unpaired) electrons. The Kier molecular flexibility index (Phi) is 5.75. The fraction of sp³-hybridized carbons (Fsp3) is 0.250. The van der Waals surface area contributed by atoms with Gasteiger partial charge in [-0.05, 0) is 47.9 Å². The van der Waals surface area contributed by atoms with Gasteiger partial charge in [-0.25, -0.2) is 0 Å². The summed E-state index contributed by atoms with van der Waals surface area (Å²) in [4.78, 5) is 26.7. The van der Waals surface area contributed by atoms with Crippen molar-refractivity contribution in [3.63, 3.8) is 0 Å². The van der Waals surface area contributed by atoms with Crippen molar-refractivity contribution in [2.24, 2.45) is 5.92 Å². The zero-order valence-corrected chi connectivity index (χ0v) is 16.2. The minimum atomic E-state index is -0.0688. The first-order chi connectivity index (χ1) is 14.2. The Bertz CT molecular complexity index is 995.